The van der Waals surface area contributed by atoms with Crippen LogP contribution in [0.5, 0.6) is 0 Å². The number of rotatable bonds is 1. The van der Waals surface area contributed by atoms with Crippen molar-refractivity contribution in [3.05, 3.63) is 0 Å². The fourth-order valence-electron chi connectivity index (χ4n) is 0.753. The van der Waals surface area contributed by atoms with Crippen molar-refractivity contribution in [1.29, 1.82) is 0 Å². The van der Waals surface area contributed by atoms with Crippen LogP contribution in [0.3, 0.4) is 0 Å². The predicted octanol–water partition coefficient (Wildman–Crippen LogP) is -1.89. The molecular weight excluding hydrogens is 138 g/mol. The van der Waals surface area contributed by atoms with Gasteiger partial charge in [0.1, 0.15) is 6.73 Å². The summed E-state index contributed by atoms with van der Waals surface area (Å²) in [6.07, 6.45) is -1.39. The second-order valence-corrected chi connectivity index (χ2v) is 1.97. The molecule has 1 fully saturated rings. The van der Waals surface area contributed by atoms with Crippen molar-refractivity contribution in [1.82, 2.24) is 4.90 Å². The van der Waals surface area contributed by atoms with Crippen molar-refractivity contribution in [2.24, 2.45) is 0 Å². The van der Waals surface area contributed by atoms with Gasteiger partial charge in [0, 0.05) is 6.54 Å². The minimum absolute atomic E-state index is 0.271. The molecule has 1 heterocycles. The van der Waals surface area contributed by atoms with Gasteiger partial charge in [0.25, 0.3) is 5.91 Å². The fourth-order valence-corrected chi connectivity index (χ4v) is 0.753. The highest BCUT2D eigenvalue weighted by Gasteiger charge is 2.26. The van der Waals surface area contributed by atoms with Crippen LogP contribution >= 0.6 is 0 Å². The molecule has 0 spiro atoms. The summed E-state index contributed by atoms with van der Waals surface area (Å²) in [7, 11) is 0. The largest absolute Gasteiger partial charge is 0.376 e. The number of ether oxygens (including phenoxy) is 1. The first kappa shape index (κ1) is 7.46. The maximum absolute atomic E-state index is 10.7. The van der Waals surface area contributed by atoms with Crippen molar-refractivity contribution >= 4 is 5.91 Å². The molecule has 0 aromatic rings. The zero-order valence-electron chi connectivity index (χ0n) is 5.36. The molecule has 1 amide bonds. The van der Waals surface area contributed by atoms with E-state index in [2.05, 4.69) is 4.74 Å². The Hall–Kier alpha value is -0.650. The molecular formula is C5H9NO4. The Labute approximate surface area is 57.8 Å². The molecule has 5 nitrogen and oxygen atoms in total. The first-order chi connectivity index (χ1) is 4.75. The number of morpholine rings is 1. The Morgan fingerprint density at radius 3 is 3.00 bits per heavy atom. The summed E-state index contributed by atoms with van der Waals surface area (Å²) >= 11 is 0. The number of hydrogen-bond acceptors (Lipinski definition) is 4. The quantitative estimate of drug-likeness (QED) is 0.455. The van der Waals surface area contributed by atoms with Crippen LogP contribution in [0, 0.1) is 0 Å². The average Bonchev–Trinajstić information content (AvgIpc) is 1.95. The Bertz CT molecular complexity index is 138. The van der Waals surface area contributed by atoms with Crippen molar-refractivity contribution in [3.8, 4) is 0 Å². The van der Waals surface area contributed by atoms with Gasteiger partial charge in [-0.3, -0.25) is 4.79 Å². The molecule has 2 N–H and O–H groups in total. The van der Waals surface area contributed by atoms with Gasteiger partial charge in [0.2, 0.25) is 6.29 Å². The first-order valence-corrected chi connectivity index (χ1v) is 2.95. The second-order valence-electron chi connectivity index (χ2n) is 1.97. The van der Waals surface area contributed by atoms with E-state index in [1.165, 1.54) is 0 Å². The summed E-state index contributed by atoms with van der Waals surface area (Å²) in [6.45, 7) is 0.249. The highest BCUT2D eigenvalue weighted by Crippen LogP contribution is 2.02. The molecule has 1 atom stereocenters. The Balaban J connectivity index is 2.51. The summed E-state index contributed by atoms with van der Waals surface area (Å²) < 4.78 is 4.58. The number of hydrogen-bond donors (Lipinski definition) is 2. The number of nitrogens with zero attached hydrogens (tertiary/aromatic N) is 1. The fraction of sp³-hybridized carbons (Fsp3) is 0.800. The van der Waals surface area contributed by atoms with Gasteiger partial charge in [-0.1, -0.05) is 0 Å². The van der Waals surface area contributed by atoms with E-state index in [1.807, 2.05) is 0 Å². The maximum Gasteiger partial charge on any atom is 0.281 e. The molecule has 0 radical (unpaired) electrons. The molecule has 10 heavy (non-hydrogen) atoms. The van der Waals surface area contributed by atoms with Gasteiger partial charge >= 0.3 is 0 Å². The zero-order valence-corrected chi connectivity index (χ0v) is 5.36. The van der Waals surface area contributed by atoms with Crippen LogP contribution in [0.4, 0.5) is 0 Å². The SMILES string of the molecule is O=C1C(O)OCCN1CO. The molecule has 0 aromatic carbocycles. The third-order valence-corrected chi connectivity index (χ3v) is 1.33. The Kier molecular flexibility index (Phi) is 2.21. The molecule has 58 valence electrons. The molecule has 1 saturated heterocycles. The zero-order chi connectivity index (χ0) is 7.56. The number of aliphatic hydroxyl groups excluding tert-OH is 2. The van der Waals surface area contributed by atoms with Crippen LogP contribution in [0.1, 0.15) is 0 Å². The van der Waals surface area contributed by atoms with Crippen LogP contribution in [-0.4, -0.2) is 47.2 Å². The molecule has 0 aromatic heterocycles. The number of aliphatic hydroxyl groups is 2. The standard InChI is InChI=1S/C5H9NO4/c7-3-6-1-2-10-5(9)4(6)8/h5,7,9H,1-3H2. The van der Waals surface area contributed by atoms with Gasteiger partial charge in [-0.25, -0.2) is 0 Å². The molecule has 0 saturated carbocycles. The highest BCUT2D eigenvalue weighted by molar-refractivity contribution is 5.79. The summed E-state index contributed by atoms with van der Waals surface area (Å²) in [4.78, 5) is 11.9. The Morgan fingerprint density at radius 1 is 1.80 bits per heavy atom. The topological polar surface area (TPSA) is 70.0 Å². The third kappa shape index (κ3) is 1.26. The summed E-state index contributed by atoms with van der Waals surface area (Å²) in [5, 5.41) is 17.3. The number of carbonyl (C=O) groups is 1. The van der Waals surface area contributed by atoms with E-state index < -0.39 is 12.2 Å². The van der Waals surface area contributed by atoms with Gasteiger partial charge < -0.3 is 19.8 Å². The molecule has 0 aliphatic carbocycles. The lowest BCUT2D eigenvalue weighted by molar-refractivity contribution is -0.188. The summed E-state index contributed by atoms with van der Waals surface area (Å²) in [5.41, 5.74) is 0. The molecule has 0 bridgehead atoms. The van der Waals surface area contributed by atoms with Gasteiger partial charge in [-0.05, 0) is 0 Å². The molecule has 1 aliphatic heterocycles. The van der Waals surface area contributed by atoms with Crippen LogP contribution in [0.25, 0.3) is 0 Å². The van der Waals surface area contributed by atoms with E-state index in [-0.39, 0.29) is 13.3 Å². The summed E-state index contributed by atoms with van der Waals surface area (Å²) in [6, 6.07) is 0. The van der Waals surface area contributed by atoms with Gasteiger partial charge in [0.15, 0.2) is 0 Å². The third-order valence-electron chi connectivity index (χ3n) is 1.33. The van der Waals surface area contributed by atoms with Crippen LogP contribution in [0.15, 0.2) is 0 Å². The lowest BCUT2D eigenvalue weighted by Gasteiger charge is -2.27. The van der Waals surface area contributed by atoms with Crippen molar-refractivity contribution in [2.45, 2.75) is 6.29 Å². The highest BCUT2D eigenvalue weighted by atomic mass is 16.6. The molecule has 1 aliphatic rings. The smallest absolute Gasteiger partial charge is 0.281 e. The molecule has 5 heteroatoms. The van der Waals surface area contributed by atoms with Crippen LogP contribution in [0.2, 0.25) is 0 Å². The second kappa shape index (κ2) is 2.96. The lowest BCUT2D eigenvalue weighted by Crippen LogP contribution is -2.47. The van der Waals surface area contributed by atoms with Crippen LogP contribution in [-0.2, 0) is 9.53 Å². The van der Waals surface area contributed by atoms with E-state index in [4.69, 9.17) is 10.2 Å². The normalized spacial score (nSPS) is 27.2. The van der Waals surface area contributed by atoms with E-state index in [9.17, 15) is 4.79 Å². The van der Waals surface area contributed by atoms with E-state index in [1.54, 1.807) is 0 Å². The van der Waals surface area contributed by atoms with E-state index >= 15 is 0 Å². The van der Waals surface area contributed by atoms with Gasteiger partial charge in [-0.15, -0.1) is 0 Å². The van der Waals surface area contributed by atoms with E-state index in [0.717, 1.165) is 4.90 Å². The van der Waals surface area contributed by atoms with Gasteiger partial charge in [-0.2, -0.15) is 0 Å². The Morgan fingerprint density at radius 2 is 2.50 bits per heavy atom. The minimum atomic E-state index is -1.39. The molecule has 1 rings (SSSR count). The molecule has 1 unspecified atom stereocenters. The van der Waals surface area contributed by atoms with Crippen molar-refractivity contribution < 1.29 is 19.7 Å². The monoisotopic (exact) mass is 147 g/mol. The maximum atomic E-state index is 10.7. The van der Waals surface area contributed by atoms with E-state index in [0.29, 0.717) is 6.54 Å². The number of amides is 1. The van der Waals surface area contributed by atoms with Crippen molar-refractivity contribution in [3.63, 3.8) is 0 Å². The van der Waals surface area contributed by atoms with Crippen molar-refractivity contribution in [2.75, 3.05) is 19.9 Å². The van der Waals surface area contributed by atoms with Crippen LogP contribution < -0.4 is 0 Å². The number of carbonyl (C=O) groups excluding carboxylic acids is 1. The lowest BCUT2D eigenvalue weighted by atomic mass is 10.4. The summed E-state index contributed by atoms with van der Waals surface area (Å²) in [5.74, 6) is -0.575. The minimum Gasteiger partial charge on any atom is -0.376 e. The average molecular weight is 147 g/mol. The predicted molar refractivity (Wildman–Crippen MR) is 30.8 cm³/mol. The first-order valence-electron chi connectivity index (χ1n) is 2.95. The van der Waals surface area contributed by atoms with Gasteiger partial charge in [0.05, 0.1) is 6.61 Å².